The van der Waals surface area contributed by atoms with Crippen LogP contribution in [-0.2, 0) is 14.3 Å². The molecule has 0 rings (SSSR count). The fraction of sp³-hybridized carbons (Fsp3) is 1.00. The van der Waals surface area contributed by atoms with Gasteiger partial charge in [-0.1, -0.05) is 0 Å². The molecular weight excluding hydrogens is 557 g/mol. The van der Waals surface area contributed by atoms with E-state index < -0.39 is 57.5 Å². The van der Waals surface area contributed by atoms with Gasteiger partial charge in [-0.2, -0.15) is 91.6 Å². The molecule has 0 unspecified atom stereocenters. The second kappa shape index (κ2) is 8.50. The van der Waals surface area contributed by atoms with Crippen LogP contribution in [0.5, 0.6) is 0 Å². The van der Waals surface area contributed by atoms with E-state index in [1.165, 1.54) is 4.18 Å². The normalized spacial score (nSPS) is 16.2. The second-order valence-corrected chi connectivity index (χ2v) is 6.45. The Labute approximate surface area is 201 Å². The van der Waals surface area contributed by atoms with Gasteiger partial charge in [0.05, 0.1) is 0 Å². The van der Waals surface area contributed by atoms with E-state index in [2.05, 4.69) is 0 Å². The summed E-state index contributed by atoms with van der Waals surface area (Å²) in [6.07, 6.45) is -23.5. The van der Waals surface area contributed by atoms with Gasteiger partial charge < -0.3 is 1.43 Å². The van der Waals surface area contributed by atoms with Crippen LogP contribution >= 0.6 is 0 Å². The molecule has 31 heavy (non-hydrogen) atoms. The summed E-state index contributed by atoms with van der Waals surface area (Å²) in [7, 11) is -8.90. The molecule has 0 aliphatic carbocycles. The van der Waals surface area contributed by atoms with Crippen molar-refractivity contribution in [2.24, 2.45) is 0 Å². The molecular formula is C8HF18KO3S. The van der Waals surface area contributed by atoms with Crippen molar-refractivity contribution in [1.29, 1.82) is 0 Å². The topological polar surface area (TPSA) is 43.4 Å². The molecule has 0 N–H and O–H groups in total. The van der Waals surface area contributed by atoms with E-state index in [9.17, 15) is 87.4 Å². The average Bonchev–Trinajstić information content (AvgIpc) is 2.42. The quantitative estimate of drug-likeness (QED) is 0.274. The summed E-state index contributed by atoms with van der Waals surface area (Å²) in [6.45, 7) is 0. The van der Waals surface area contributed by atoms with E-state index in [1.807, 2.05) is 0 Å². The third-order valence-electron chi connectivity index (χ3n) is 2.76. The number of alkyl halides is 18. The molecule has 0 aromatic rings. The molecule has 0 amide bonds. The minimum atomic E-state index is -8.90. The van der Waals surface area contributed by atoms with E-state index in [0.717, 1.165) is 0 Å². The fourth-order valence-electron chi connectivity index (χ4n) is 1.12. The summed E-state index contributed by atoms with van der Waals surface area (Å²) in [5, 5.41) is -8.23. The van der Waals surface area contributed by atoms with Crippen molar-refractivity contribution < 1.29 is 144 Å². The van der Waals surface area contributed by atoms with Gasteiger partial charge >= 0.3 is 109 Å². The van der Waals surface area contributed by atoms with Crippen LogP contribution in [0.2, 0.25) is 0 Å². The molecule has 0 bridgehead atoms. The Morgan fingerprint density at radius 2 is 0.742 bits per heavy atom. The van der Waals surface area contributed by atoms with Crippen LogP contribution in [0.1, 0.15) is 1.43 Å². The van der Waals surface area contributed by atoms with Crippen molar-refractivity contribution in [3.8, 4) is 0 Å². The molecule has 0 aliphatic rings. The first-order chi connectivity index (χ1) is 12.5. The van der Waals surface area contributed by atoms with Crippen LogP contribution in [0.25, 0.3) is 0 Å². The summed E-state index contributed by atoms with van der Waals surface area (Å²) in [6, 6.07) is 0. The summed E-state index contributed by atoms with van der Waals surface area (Å²) in [4.78, 5) is 0. The number of halogens is 18. The van der Waals surface area contributed by atoms with Gasteiger partial charge in [0.1, 0.15) is 0 Å². The Kier molecular flexibility index (Phi) is 9.17. The minimum absolute atomic E-state index is 0. The third-order valence-corrected chi connectivity index (χ3v) is 4.07. The molecule has 0 aromatic carbocycles. The Balaban J connectivity index is -0.00000420. The van der Waals surface area contributed by atoms with Crippen LogP contribution in [0.3, 0.4) is 0 Å². The van der Waals surface area contributed by atoms with Crippen molar-refractivity contribution in [1.82, 2.24) is 0 Å². The monoisotopic (exact) mass is 558 g/mol. The standard InChI is InChI=1S/C8F18O3S.K.H/c9-1(10,5(17,18)19)3(13,14)7(23,24)29-30(27,28)8(25,26)4(15,16)2(11,12)6(20,21)22;;/q;+1;-1. The molecule has 0 aliphatic heterocycles. The summed E-state index contributed by atoms with van der Waals surface area (Å²) in [5.74, 6) is -32.6. The number of hydrogen-bond acceptors (Lipinski definition) is 3. The zero-order chi connectivity index (χ0) is 25.2. The van der Waals surface area contributed by atoms with Crippen LogP contribution in [0, 0.1) is 0 Å². The Morgan fingerprint density at radius 3 is 1.00 bits per heavy atom. The van der Waals surface area contributed by atoms with Gasteiger partial charge in [-0.15, -0.1) is 0 Å². The Morgan fingerprint density at radius 1 is 0.484 bits per heavy atom. The molecule has 0 saturated heterocycles. The van der Waals surface area contributed by atoms with Crippen molar-refractivity contribution in [3.63, 3.8) is 0 Å². The van der Waals surface area contributed by atoms with Crippen molar-refractivity contribution in [3.05, 3.63) is 0 Å². The van der Waals surface area contributed by atoms with E-state index in [-0.39, 0.29) is 52.8 Å². The Hall–Kier alpha value is 0.286. The van der Waals surface area contributed by atoms with Crippen LogP contribution < -0.4 is 51.4 Å². The van der Waals surface area contributed by atoms with E-state index in [0.29, 0.717) is 0 Å². The van der Waals surface area contributed by atoms with Crippen molar-refractivity contribution >= 4 is 10.1 Å². The fourth-order valence-corrected chi connectivity index (χ4v) is 2.05. The van der Waals surface area contributed by atoms with E-state index in [1.54, 1.807) is 0 Å². The van der Waals surface area contributed by atoms with Gasteiger partial charge in [-0.05, 0) is 0 Å². The van der Waals surface area contributed by atoms with Gasteiger partial charge in [0, 0.05) is 0 Å². The molecule has 0 fully saturated rings. The zero-order valence-electron chi connectivity index (χ0n) is 14.4. The average molecular weight is 558 g/mol. The number of hydrogen-bond donors (Lipinski definition) is 0. The third kappa shape index (κ3) is 5.05. The zero-order valence-corrected chi connectivity index (χ0v) is 17.4. The second-order valence-electron chi connectivity index (χ2n) is 4.86. The first kappa shape index (κ1) is 33.5. The van der Waals surface area contributed by atoms with Gasteiger partial charge in [0.25, 0.3) is 0 Å². The first-order valence-corrected chi connectivity index (χ1v) is 7.22. The molecule has 0 heterocycles. The summed E-state index contributed by atoms with van der Waals surface area (Å²) in [5.41, 5.74) is 0. The van der Waals surface area contributed by atoms with Gasteiger partial charge in [-0.25, -0.2) is 0 Å². The molecule has 0 radical (unpaired) electrons. The molecule has 0 aromatic heterocycles. The maximum atomic E-state index is 13.0. The predicted molar refractivity (Wildman–Crippen MR) is 52.9 cm³/mol. The molecule has 0 atom stereocenters. The van der Waals surface area contributed by atoms with Crippen LogP contribution in [0.4, 0.5) is 79.0 Å². The van der Waals surface area contributed by atoms with E-state index >= 15 is 0 Å². The summed E-state index contributed by atoms with van der Waals surface area (Å²) < 4.78 is 246. The molecule has 0 saturated carbocycles. The Bertz CT molecular complexity index is 755. The SMILES string of the molecule is O=S(=O)(OC(F)(F)C(F)(F)C(F)(F)C(F)(F)F)C(F)(F)C(F)(F)C(F)(F)C(F)(F)F.[H-].[K+]. The molecule has 184 valence electrons. The molecule has 3 nitrogen and oxygen atoms in total. The van der Waals surface area contributed by atoms with Crippen LogP contribution in [-0.4, -0.2) is 55.8 Å². The smallest absolute Gasteiger partial charge is 1.00 e. The van der Waals surface area contributed by atoms with Gasteiger partial charge in [0.15, 0.2) is 0 Å². The van der Waals surface area contributed by atoms with E-state index in [4.69, 9.17) is 0 Å². The molecule has 23 heteroatoms. The first-order valence-electron chi connectivity index (χ1n) is 5.81. The number of rotatable bonds is 7. The maximum Gasteiger partial charge on any atom is 1.00 e. The van der Waals surface area contributed by atoms with Crippen molar-refractivity contribution in [2.45, 2.75) is 47.4 Å². The van der Waals surface area contributed by atoms with Gasteiger partial charge in [-0.3, -0.25) is 0 Å². The van der Waals surface area contributed by atoms with Crippen molar-refractivity contribution in [2.75, 3.05) is 0 Å². The summed E-state index contributed by atoms with van der Waals surface area (Å²) >= 11 is 0. The van der Waals surface area contributed by atoms with Crippen LogP contribution in [0.15, 0.2) is 0 Å². The maximum absolute atomic E-state index is 13.0. The largest absolute Gasteiger partial charge is 1.00 e. The minimum Gasteiger partial charge on any atom is -1.00 e. The predicted octanol–water partition coefficient (Wildman–Crippen LogP) is 2.30. The van der Waals surface area contributed by atoms with Gasteiger partial charge in [0.2, 0.25) is 0 Å². The molecule has 0 spiro atoms.